The molecular formula is C12H18N2O. The van der Waals surface area contributed by atoms with Gasteiger partial charge in [-0.05, 0) is 37.1 Å². The van der Waals surface area contributed by atoms with E-state index in [0.717, 1.165) is 24.2 Å². The molecule has 2 rings (SSSR count). The summed E-state index contributed by atoms with van der Waals surface area (Å²) < 4.78 is 5.11. The van der Waals surface area contributed by atoms with Crippen LogP contribution in [-0.4, -0.2) is 13.7 Å². The first-order valence-corrected chi connectivity index (χ1v) is 5.31. The van der Waals surface area contributed by atoms with Crippen LogP contribution in [0.5, 0.6) is 5.75 Å². The van der Waals surface area contributed by atoms with Gasteiger partial charge in [0.1, 0.15) is 5.75 Å². The zero-order valence-electron chi connectivity index (χ0n) is 9.07. The van der Waals surface area contributed by atoms with Crippen LogP contribution in [0.15, 0.2) is 24.3 Å². The van der Waals surface area contributed by atoms with Crippen LogP contribution in [0.25, 0.3) is 0 Å². The number of ether oxygens (including phenoxy) is 1. The molecule has 0 aromatic heterocycles. The quantitative estimate of drug-likeness (QED) is 0.783. The van der Waals surface area contributed by atoms with Gasteiger partial charge in [-0.3, -0.25) is 0 Å². The van der Waals surface area contributed by atoms with E-state index in [2.05, 4.69) is 0 Å². The summed E-state index contributed by atoms with van der Waals surface area (Å²) in [5.41, 5.74) is 13.3. The summed E-state index contributed by atoms with van der Waals surface area (Å²) >= 11 is 0. The van der Waals surface area contributed by atoms with Crippen LogP contribution in [0, 0.1) is 5.41 Å². The van der Waals surface area contributed by atoms with Gasteiger partial charge < -0.3 is 16.2 Å². The lowest BCUT2D eigenvalue weighted by Gasteiger charge is -2.22. The minimum Gasteiger partial charge on any atom is -0.497 e. The number of rotatable bonds is 4. The Morgan fingerprint density at radius 1 is 1.33 bits per heavy atom. The van der Waals surface area contributed by atoms with Gasteiger partial charge in [-0.2, -0.15) is 0 Å². The van der Waals surface area contributed by atoms with E-state index in [-0.39, 0.29) is 11.5 Å². The molecule has 1 unspecified atom stereocenters. The smallest absolute Gasteiger partial charge is 0.118 e. The first-order valence-electron chi connectivity index (χ1n) is 5.31. The largest absolute Gasteiger partial charge is 0.497 e. The fraction of sp³-hybridized carbons (Fsp3) is 0.500. The van der Waals surface area contributed by atoms with Crippen LogP contribution in [0.3, 0.4) is 0 Å². The van der Waals surface area contributed by atoms with E-state index in [0.29, 0.717) is 6.54 Å². The van der Waals surface area contributed by atoms with Gasteiger partial charge in [0.2, 0.25) is 0 Å². The standard InChI is InChI=1S/C12H18N2O/c1-15-10-4-2-9(3-5-10)11(14)12(8-13)6-7-12/h2-5,11H,6-8,13-14H2,1H3. The van der Waals surface area contributed by atoms with Gasteiger partial charge in [0.25, 0.3) is 0 Å². The first-order chi connectivity index (χ1) is 7.22. The number of methoxy groups -OCH3 is 1. The summed E-state index contributed by atoms with van der Waals surface area (Å²) in [5.74, 6) is 0.864. The molecule has 0 saturated heterocycles. The second-order valence-corrected chi connectivity index (χ2v) is 4.32. The van der Waals surface area contributed by atoms with Crippen molar-refractivity contribution in [1.29, 1.82) is 0 Å². The molecule has 0 aliphatic heterocycles. The van der Waals surface area contributed by atoms with Crippen LogP contribution in [0.2, 0.25) is 0 Å². The van der Waals surface area contributed by atoms with Crippen LogP contribution in [-0.2, 0) is 0 Å². The van der Waals surface area contributed by atoms with Gasteiger partial charge in [-0.15, -0.1) is 0 Å². The van der Waals surface area contributed by atoms with Crippen LogP contribution in [0.4, 0.5) is 0 Å². The molecule has 82 valence electrons. The van der Waals surface area contributed by atoms with Gasteiger partial charge in [0.05, 0.1) is 7.11 Å². The van der Waals surface area contributed by atoms with E-state index < -0.39 is 0 Å². The maximum atomic E-state index is 6.22. The molecule has 0 spiro atoms. The zero-order valence-corrected chi connectivity index (χ0v) is 9.07. The van der Waals surface area contributed by atoms with Crippen molar-refractivity contribution < 1.29 is 4.74 Å². The molecule has 0 radical (unpaired) electrons. The van der Waals surface area contributed by atoms with Gasteiger partial charge >= 0.3 is 0 Å². The average molecular weight is 206 g/mol. The highest BCUT2D eigenvalue weighted by Gasteiger charge is 2.46. The molecule has 15 heavy (non-hydrogen) atoms. The topological polar surface area (TPSA) is 61.3 Å². The summed E-state index contributed by atoms with van der Waals surface area (Å²) in [6.45, 7) is 0.681. The van der Waals surface area contributed by atoms with Gasteiger partial charge in [0.15, 0.2) is 0 Å². The molecule has 4 N–H and O–H groups in total. The lowest BCUT2D eigenvalue weighted by atomic mass is 9.91. The maximum absolute atomic E-state index is 6.22. The molecule has 3 nitrogen and oxygen atoms in total. The summed E-state index contributed by atoms with van der Waals surface area (Å²) in [6.07, 6.45) is 2.30. The molecule has 1 saturated carbocycles. The van der Waals surface area contributed by atoms with Gasteiger partial charge in [0, 0.05) is 11.5 Å². The predicted molar refractivity (Wildman–Crippen MR) is 60.6 cm³/mol. The van der Waals surface area contributed by atoms with E-state index in [4.69, 9.17) is 16.2 Å². The SMILES string of the molecule is COc1ccc(C(N)C2(CN)CC2)cc1. The first kappa shape index (κ1) is 10.5. The molecule has 1 aromatic carbocycles. The average Bonchev–Trinajstić information content (AvgIpc) is 3.09. The maximum Gasteiger partial charge on any atom is 0.118 e. The van der Waals surface area contributed by atoms with Crippen molar-refractivity contribution in [2.45, 2.75) is 18.9 Å². The summed E-state index contributed by atoms with van der Waals surface area (Å²) in [5, 5.41) is 0. The fourth-order valence-corrected chi connectivity index (χ4v) is 1.97. The van der Waals surface area contributed by atoms with Crippen molar-refractivity contribution >= 4 is 0 Å². The highest BCUT2D eigenvalue weighted by atomic mass is 16.5. The summed E-state index contributed by atoms with van der Waals surface area (Å²) in [6, 6.07) is 8.01. The Hall–Kier alpha value is -1.06. The Morgan fingerprint density at radius 3 is 2.33 bits per heavy atom. The highest BCUT2D eigenvalue weighted by Crippen LogP contribution is 2.52. The zero-order chi connectivity index (χ0) is 10.9. The second kappa shape index (κ2) is 3.83. The van der Waals surface area contributed by atoms with Crippen molar-refractivity contribution in [1.82, 2.24) is 0 Å². The van der Waals surface area contributed by atoms with Crippen LogP contribution in [0.1, 0.15) is 24.4 Å². The molecule has 0 heterocycles. The van der Waals surface area contributed by atoms with Gasteiger partial charge in [-0.25, -0.2) is 0 Å². The molecule has 1 fully saturated rings. The number of hydrogen-bond acceptors (Lipinski definition) is 3. The van der Waals surface area contributed by atoms with Crippen molar-refractivity contribution in [2.75, 3.05) is 13.7 Å². The molecule has 1 atom stereocenters. The molecule has 0 bridgehead atoms. The fourth-order valence-electron chi connectivity index (χ4n) is 1.97. The monoisotopic (exact) mass is 206 g/mol. The third-order valence-electron chi connectivity index (χ3n) is 3.43. The lowest BCUT2D eigenvalue weighted by Crippen LogP contribution is -2.29. The second-order valence-electron chi connectivity index (χ2n) is 4.32. The molecule has 0 amide bonds. The van der Waals surface area contributed by atoms with Crippen molar-refractivity contribution in [2.24, 2.45) is 16.9 Å². The van der Waals surface area contributed by atoms with Crippen molar-refractivity contribution in [3.63, 3.8) is 0 Å². The highest BCUT2D eigenvalue weighted by molar-refractivity contribution is 5.31. The number of benzene rings is 1. The van der Waals surface area contributed by atoms with Gasteiger partial charge in [-0.1, -0.05) is 12.1 Å². The third-order valence-corrected chi connectivity index (χ3v) is 3.43. The Balaban J connectivity index is 2.15. The third kappa shape index (κ3) is 1.85. The Morgan fingerprint density at radius 2 is 1.93 bits per heavy atom. The summed E-state index contributed by atoms with van der Waals surface area (Å²) in [4.78, 5) is 0. The van der Waals surface area contributed by atoms with Crippen LogP contribution < -0.4 is 16.2 Å². The Kier molecular flexibility index (Phi) is 2.67. The van der Waals surface area contributed by atoms with E-state index >= 15 is 0 Å². The Labute approximate surface area is 90.4 Å². The Bertz CT molecular complexity index is 330. The number of nitrogens with two attached hydrogens (primary N) is 2. The van der Waals surface area contributed by atoms with Crippen LogP contribution >= 0.6 is 0 Å². The molecular weight excluding hydrogens is 188 g/mol. The molecule has 1 aliphatic carbocycles. The normalized spacial score (nSPS) is 19.7. The van der Waals surface area contributed by atoms with E-state index in [1.165, 1.54) is 0 Å². The van der Waals surface area contributed by atoms with E-state index in [1.807, 2.05) is 24.3 Å². The predicted octanol–water partition coefficient (Wildman–Crippen LogP) is 1.43. The van der Waals surface area contributed by atoms with Crippen molar-refractivity contribution in [3.8, 4) is 5.75 Å². The minimum absolute atomic E-state index is 0.0633. The van der Waals surface area contributed by atoms with E-state index in [1.54, 1.807) is 7.11 Å². The lowest BCUT2D eigenvalue weighted by molar-refractivity contribution is 0.409. The number of hydrogen-bond donors (Lipinski definition) is 2. The van der Waals surface area contributed by atoms with Crippen molar-refractivity contribution in [3.05, 3.63) is 29.8 Å². The summed E-state index contributed by atoms with van der Waals surface area (Å²) in [7, 11) is 1.66. The minimum atomic E-state index is 0.0633. The molecule has 3 heteroatoms. The molecule has 1 aromatic rings. The molecule has 1 aliphatic rings. The van der Waals surface area contributed by atoms with E-state index in [9.17, 15) is 0 Å².